The van der Waals surface area contributed by atoms with Crippen LogP contribution in [0.3, 0.4) is 0 Å². The summed E-state index contributed by atoms with van der Waals surface area (Å²) in [6.45, 7) is 0.422. The predicted octanol–water partition coefficient (Wildman–Crippen LogP) is 4.12. The number of hydrogen-bond donors (Lipinski definition) is 1. The first-order chi connectivity index (χ1) is 16.0. The molecule has 5 rings (SSSR count). The van der Waals surface area contributed by atoms with Gasteiger partial charge in [0.25, 0.3) is 17.7 Å². The molecule has 33 heavy (non-hydrogen) atoms. The number of hydrogen-bond acceptors (Lipinski definition) is 4. The van der Waals surface area contributed by atoms with Gasteiger partial charge in [0, 0.05) is 17.8 Å². The van der Waals surface area contributed by atoms with E-state index >= 15 is 0 Å². The highest BCUT2D eigenvalue weighted by Crippen LogP contribution is 2.28. The van der Waals surface area contributed by atoms with Crippen LogP contribution in [0.25, 0.3) is 0 Å². The van der Waals surface area contributed by atoms with Crippen molar-refractivity contribution in [3.8, 4) is 0 Å². The Labute approximate surface area is 188 Å². The van der Waals surface area contributed by atoms with Crippen molar-refractivity contribution in [3.63, 3.8) is 0 Å². The van der Waals surface area contributed by atoms with Gasteiger partial charge in [-0.2, -0.15) is 5.10 Å². The van der Waals surface area contributed by atoms with Gasteiger partial charge in [0.15, 0.2) is 5.82 Å². The van der Waals surface area contributed by atoms with Crippen molar-refractivity contribution in [2.24, 2.45) is 0 Å². The van der Waals surface area contributed by atoms with E-state index in [9.17, 15) is 18.8 Å². The molecule has 2 heterocycles. The third kappa shape index (κ3) is 3.89. The van der Waals surface area contributed by atoms with Crippen LogP contribution in [0.1, 0.15) is 36.6 Å². The van der Waals surface area contributed by atoms with E-state index in [1.165, 1.54) is 18.2 Å². The molecular formula is C25H17FN4O3. The average molecular weight is 440 g/mol. The summed E-state index contributed by atoms with van der Waals surface area (Å²) in [4.78, 5) is 39.3. The molecule has 0 atom stereocenters. The number of nitrogens with zero attached hydrogens (tertiary/aromatic N) is 3. The Kier molecular flexibility index (Phi) is 5.02. The van der Waals surface area contributed by atoms with E-state index in [0.29, 0.717) is 29.2 Å². The third-order valence-electron chi connectivity index (χ3n) is 5.30. The third-order valence-corrected chi connectivity index (χ3v) is 5.30. The second-order valence-corrected chi connectivity index (χ2v) is 7.52. The number of imide groups is 1. The molecule has 0 aliphatic carbocycles. The molecular weight excluding hydrogens is 423 g/mol. The van der Waals surface area contributed by atoms with E-state index in [-0.39, 0.29) is 11.4 Å². The summed E-state index contributed by atoms with van der Waals surface area (Å²) in [5.74, 6) is -1.25. The molecule has 0 spiro atoms. The molecule has 7 nitrogen and oxygen atoms in total. The van der Waals surface area contributed by atoms with Crippen molar-refractivity contribution in [1.29, 1.82) is 0 Å². The lowest BCUT2D eigenvalue weighted by atomic mass is 10.1. The summed E-state index contributed by atoms with van der Waals surface area (Å²) < 4.78 is 14.7. The fourth-order valence-corrected chi connectivity index (χ4v) is 3.69. The van der Waals surface area contributed by atoms with Crippen molar-refractivity contribution in [3.05, 3.63) is 113 Å². The molecule has 4 aromatic rings. The topological polar surface area (TPSA) is 84.3 Å². The van der Waals surface area contributed by atoms with E-state index in [4.69, 9.17) is 0 Å². The van der Waals surface area contributed by atoms with E-state index in [1.54, 1.807) is 71.5 Å². The van der Waals surface area contributed by atoms with Crippen molar-refractivity contribution in [2.45, 2.75) is 6.54 Å². The first-order valence-corrected chi connectivity index (χ1v) is 10.2. The second-order valence-electron chi connectivity index (χ2n) is 7.52. The maximum atomic E-state index is 13.1. The molecule has 0 radical (unpaired) electrons. The summed E-state index contributed by atoms with van der Waals surface area (Å²) in [6.07, 6.45) is 1.70. The second kappa shape index (κ2) is 8.16. The summed E-state index contributed by atoms with van der Waals surface area (Å²) in [5.41, 5.74) is 2.13. The minimum atomic E-state index is -0.430. The number of amides is 3. The zero-order valence-corrected chi connectivity index (χ0v) is 17.2. The van der Waals surface area contributed by atoms with Gasteiger partial charge >= 0.3 is 0 Å². The van der Waals surface area contributed by atoms with Crippen molar-refractivity contribution >= 4 is 29.2 Å². The van der Waals surface area contributed by atoms with Crippen LogP contribution in [-0.4, -0.2) is 27.5 Å². The van der Waals surface area contributed by atoms with E-state index in [2.05, 4.69) is 10.4 Å². The zero-order chi connectivity index (χ0) is 22.9. The van der Waals surface area contributed by atoms with Gasteiger partial charge in [0.1, 0.15) is 5.82 Å². The highest BCUT2D eigenvalue weighted by atomic mass is 19.1. The number of aromatic nitrogens is 2. The van der Waals surface area contributed by atoms with Crippen LogP contribution in [0.2, 0.25) is 0 Å². The Balaban J connectivity index is 1.31. The monoisotopic (exact) mass is 440 g/mol. The molecule has 0 bridgehead atoms. The fraction of sp³-hybridized carbons (Fsp3) is 0.0400. The molecule has 162 valence electrons. The first-order valence-electron chi connectivity index (χ1n) is 10.2. The largest absolute Gasteiger partial charge is 0.305 e. The Hall–Kier alpha value is -4.59. The van der Waals surface area contributed by atoms with Crippen LogP contribution in [0, 0.1) is 5.82 Å². The van der Waals surface area contributed by atoms with Crippen molar-refractivity contribution < 1.29 is 18.8 Å². The minimum Gasteiger partial charge on any atom is -0.305 e. The number of carbonyl (C=O) groups excluding carboxylic acids is 3. The summed E-state index contributed by atoms with van der Waals surface area (Å²) in [7, 11) is 0. The summed E-state index contributed by atoms with van der Waals surface area (Å²) in [6, 6.07) is 20.7. The van der Waals surface area contributed by atoms with Crippen molar-refractivity contribution in [1.82, 2.24) is 9.78 Å². The number of rotatable bonds is 5. The molecule has 0 unspecified atom stereocenters. The number of fused-ring (bicyclic) bond motifs is 1. The van der Waals surface area contributed by atoms with E-state index < -0.39 is 17.7 Å². The number of anilines is 2. The smallest absolute Gasteiger partial charge is 0.266 e. The predicted molar refractivity (Wildman–Crippen MR) is 120 cm³/mol. The molecule has 0 fully saturated rings. The van der Waals surface area contributed by atoms with Crippen LogP contribution in [0.5, 0.6) is 0 Å². The highest BCUT2D eigenvalue weighted by molar-refractivity contribution is 6.34. The quantitative estimate of drug-likeness (QED) is 0.473. The molecule has 0 saturated heterocycles. The SMILES string of the molecule is O=C(Nc1ccn(Cc2ccc(F)cc2)n1)c1cccc(N2C(=O)c3ccccc3C2=O)c1. The number of benzene rings is 3. The Bertz CT molecular complexity index is 1360. The van der Waals surface area contributed by atoms with Gasteiger partial charge in [-0.1, -0.05) is 30.3 Å². The summed E-state index contributed by atoms with van der Waals surface area (Å²) in [5, 5.41) is 7.03. The lowest BCUT2D eigenvalue weighted by molar-refractivity contribution is 0.0924. The maximum absolute atomic E-state index is 13.1. The molecule has 1 aliphatic rings. The molecule has 1 N–H and O–H groups in total. The molecule has 1 aliphatic heterocycles. The van der Waals surface area contributed by atoms with Crippen LogP contribution >= 0.6 is 0 Å². The Morgan fingerprint density at radius 2 is 1.58 bits per heavy atom. The van der Waals surface area contributed by atoms with Gasteiger partial charge in [-0.3, -0.25) is 19.1 Å². The molecule has 8 heteroatoms. The van der Waals surface area contributed by atoms with Crippen LogP contribution < -0.4 is 10.2 Å². The highest BCUT2D eigenvalue weighted by Gasteiger charge is 2.36. The number of carbonyl (C=O) groups is 3. The Morgan fingerprint density at radius 3 is 2.27 bits per heavy atom. The molecule has 0 saturated carbocycles. The Morgan fingerprint density at radius 1 is 0.879 bits per heavy atom. The first kappa shape index (κ1) is 20.3. The molecule has 1 aromatic heterocycles. The molecule has 3 aromatic carbocycles. The van der Waals surface area contributed by atoms with Gasteiger partial charge in [0.2, 0.25) is 0 Å². The minimum absolute atomic E-state index is 0.275. The molecule has 3 amide bonds. The van der Waals surface area contributed by atoms with Crippen LogP contribution in [-0.2, 0) is 6.54 Å². The fourth-order valence-electron chi connectivity index (χ4n) is 3.69. The van der Waals surface area contributed by atoms with Crippen LogP contribution in [0.15, 0.2) is 85.1 Å². The van der Waals surface area contributed by atoms with Gasteiger partial charge in [0.05, 0.1) is 23.4 Å². The van der Waals surface area contributed by atoms with Gasteiger partial charge < -0.3 is 5.32 Å². The van der Waals surface area contributed by atoms with Crippen LogP contribution in [0.4, 0.5) is 15.9 Å². The maximum Gasteiger partial charge on any atom is 0.266 e. The van der Waals surface area contributed by atoms with Gasteiger partial charge in [-0.15, -0.1) is 0 Å². The van der Waals surface area contributed by atoms with E-state index in [0.717, 1.165) is 10.5 Å². The van der Waals surface area contributed by atoms with Gasteiger partial charge in [-0.25, -0.2) is 9.29 Å². The van der Waals surface area contributed by atoms with E-state index in [1.807, 2.05) is 0 Å². The van der Waals surface area contributed by atoms with Crippen molar-refractivity contribution in [2.75, 3.05) is 10.2 Å². The lowest BCUT2D eigenvalue weighted by Gasteiger charge is -2.14. The van der Waals surface area contributed by atoms with Gasteiger partial charge in [-0.05, 0) is 48.0 Å². The average Bonchev–Trinajstić information content (AvgIpc) is 3.37. The summed E-state index contributed by atoms with van der Waals surface area (Å²) >= 11 is 0. The number of halogens is 1. The number of nitrogens with one attached hydrogen (secondary N) is 1. The zero-order valence-electron chi connectivity index (χ0n) is 17.2. The normalized spacial score (nSPS) is 12.7. The standard InChI is InChI=1S/C25H17FN4O3/c26-18-10-8-16(9-11-18)15-29-13-12-22(28-29)27-23(31)17-4-3-5-19(14-17)30-24(32)20-6-1-2-7-21(20)25(30)33/h1-14H,15H2,(H,27,28,31). The lowest BCUT2D eigenvalue weighted by Crippen LogP contribution is -2.29.